The van der Waals surface area contributed by atoms with Gasteiger partial charge in [-0.05, 0) is 42.3 Å². The summed E-state index contributed by atoms with van der Waals surface area (Å²) in [6, 6.07) is 14.2. The van der Waals surface area contributed by atoms with Crippen molar-refractivity contribution >= 4 is 11.9 Å². The summed E-state index contributed by atoms with van der Waals surface area (Å²) in [5.41, 5.74) is 3.13. The van der Waals surface area contributed by atoms with Crippen LogP contribution in [0.15, 0.2) is 59.3 Å². The van der Waals surface area contributed by atoms with E-state index in [1.165, 1.54) is 6.39 Å². The number of benzene rings is 2. The number of aromatic nitrogens is 2. The maximum absolute atomic E-state index is 12.0. The van der Waals surface area contributed by atoms with Crippen molar-refractivity contribution in [1.29, 1.82) is 0 Å². The minimum Gasteiger partial charge on any atom is -0.452 e. The Labute approximate surface area is 150 Å². The Morgan fingerprint density at radius 3 is 2.58 bits per heavy atom. The average Bonchev–Trinajstić information content (AvgIpc) is 3.20. The van der Waals surface area contributed by atoms with Crippen molar-refractivity contribution in [3.8, 4) is 11.5 Å². The van der Waals surface area contributed by atoms with Crippen molar-refractivity contribution in [2.45, 2.75) is 13.5 Å². The van der Waals surface area contributed by atoms with Gasteiger partial charge in [-0.2, -0.15) is 0 Å². The zero-order valence-corrected chi connectivity index (χ0v) is 14.1. The fourth-order valence-corrected chi connectivity index (χ4v) is 2.32. The Kier molecular flexibility index (Phi) is 5.38. The predicted octanol–water partition coefficient (Wildman–Crippen LogP) is 2.52. The number of ether oxygens (including phenoxy) is 1. The van der Waals surface area contributed by atoms with Gasteiger partial charge in [0.2, 0.25) is 12.3 Å². The van der Waals surface area contributed by atoms with E-state index in [1.807, 2.05) is 31.2 Å². The molecule has 0 atom stereocenters. The first-order valence-electron chi connectivity index (χ1n) is 7.98. The summed E-state index contributed by atoms with van der Waals surface area (Å²) >= 11 is 0. The van der Waals surface area contributed by atoms with E-state index in [0.717, 1.165) is 11.1 Å². The summed E-state index contributed by atoms with van der Waals surface area (Å²) in [7, 11) is 0. The maximum atomic E-state index is 12.0. The first kappa shape index (κ1) is 17.3. The highest BCUT2D eigenvalue weighted by molar-refractivity contribution is 5.91. The molecule has 132 valence electrons. The Morgan fingerprint density at radius 1 is 1.12 bits per heavy atom. The third-order valence-corrected chi connectivity index (χ3v) is 3.80. The van der Waals surface area contributed by atoms with Crippen LogP contribution < -0.4 is 5.32 Å². The first-order valence-corrected chi connectivity index (χ1v) is 7.98. The van der Waals surface area contributed by atoms with Gasteiger partial charge in [-0.1, -0.05) is 24.3 Å². The number of carbonyl (C=O) groups excluding carboxylic acids is 2. The summed E-state index contributed by atoms with van der Waals surface area (Å²) in [5.74, 6) is -0.572. The van der Waals surface area contributed by atoms with Gasteiger partial charge in [0.25, 0.3) is 5.91 Å². The molecule has 7 nitrogen and oxygen atoms in total. The average molecular weight is 351 g/mol. The Hall–Kier alpha value is -3.48. The van der Waals surface area contributed by atoms with Crippen LogP contribution in [-0.4, -0.2) is 28.7 Å². The van der Waals surface area contributed by atoms with Crippen molar-refractivity contribution in [2.75, 3.05) is 6.61 Å². The number of nitrogens with zero attached hydrogens (tertiary/aromatic N) is 2. The molecular weight excluding hydrogens is 334 g/mol. The van der Waals surface area contributed by atoms with Crippen LogP contribution in [0.4, 0.5) is 0 Å². The van der Waals surface area contributed by atoms with Crippen LogP contribution in [-0.2, 0) is 16.1 Å². The quantitative estimate of drug-likeness (QED) is 0.686. The van der Waals surface area contributed by atoms with Crippen molar-refractivity contribution in [3.05, 3.63) is 71.6 Å². The highest BCUT2D eigenvalue weighted by Gasteiger charge is 2.11. The highest BCUT2D eigenvalue weighted by atomic mass is 16.5. The molecule has 1 amide bonds. The molecule has 0 fully saturated rings. The van der Waals surface area contributed by atoms with Gasteiger partial charge in [0, 0.05) is 12.1 Å². The molecule has 0 unspecified atom stereocenters. The normalized spacial score (nSPS) is 10.3. The summed E-state index contributed by atoms with van der Waals surface area (Å²) in [6.45, 7) is 2.03. The molecule has 0 aliphatic rings. The third-order valence-electron chi connectivity index (χ3n) is 3.80. The van der Waals surface area contributed by atoms with Gasteiger partial charge in [-0.15, -0.1) is 10.2 Å². The maximum Gasteiger partial charge on any atom is 0.338 e. The molecule has 0 bridgehead atoms. The lowest BCUT2D eigenvalue weighted by Crippen LogP contribution is -2.28. The fraction of sp³-hybridized carbons (Fsp3) is 0.158. The smallest absolute Gasteiger partial charge is 0.338 e. The predicted molar refractivity (Wildman–Crippen MR) is 93.0 cm³/mol. The van der Waals surface area contributed by atoms with E-state index in [4.69, 9.17) is 9.15 Å². The Morgan fingerprint density at radius 2 is 1.88 bits per heavy atom. The first-order chi connectivity index (χ1) is 12.6. The number of rotatable bonds is 6. The third kappa shape index (κ3) is 4.32. The van der Waals surface area contributed by atoms with Crippen LogP contribution in [0.2, 0.25) is 0 Å². The van der Waals surface area contributed by atoms with Crippen LogP contribution in [0.5, 0.6) is 0 Å². The van der Waals surface area contributed by atoms with Crippen molar-refractivity contribution < 1.29 is 18.7 Å². The molecule has 0 saturated heterocycles. The van der Waals surface area contributed by atoms with Gasteiger partial charge in [0.15, 0.2) is 6.61 Å². The van der Waals surface area contributed by atoms with Crippen LogP contribution in [0.25, 0.3) is 11.5 Å². The molecule has 7 heteroatoms. The molecule has 0 aliphatic heterocycles. The van der Waals surface area contributed by atoms with Crippen LogP contribution in [0, 0.1) is 6.92 Å². The van der Waals surface area contributed by atoms with E-state index in [0.29, 0.717) is 23.6 Å². The number of nitrogens with one attached hydrogen (secondary N) is 1. The molecule has 26 heavy (non-hydrogen) atoms. The topological polar surface area (TPSA) is 94.3 Å². The van der Waals surface area contributed by atoms with E-state index >= 15 is 0 Å². The lowest BCUT2D eigenvalue weighted by molar-refractivity contribution is -0.124. The largest absolute Gasteiger partial charge is 0.452 e. The van der Waals surface area contributed by atoms with E-state index in [-0.39, 0.29) is 12.5 Å². The van der Waals surface area contributed by atoms with Crippen LogP contribution in [0.1, 0.15) is 21.5 Å². The number of amides is 1. The Balaban J connectivity index is 1.49. The van der Waals surface area contributed by atoms with E-state index < -0.39 is 5.97 Å². The van der Waals surface area contributed by atoms with Gasteiger partial charge < -0.3 is 14.5 Å². The fourth-order valence-electron chi connectivity index (χ4n) is 2.32. The monoisotopic (exact) mass is 351 g/mol. The van der Waals surface area contributed by atoms with Crippen molar-refractivity contribution in [3.63, 3.8) is 0 Å². The van der Waals surface area contributed by atoms with E-state index in [9.17, 15) is 9.59 Å². The number of aryl methyl sites for hydroxylation is 1. The molecule has 0 aliphatic carbocycles. The molecule has 1 heterocycles. The van der Waals surface area contributed by atoms with Gasteiger partial charge in [0.1, 0.15) is 0 Å². The molecule has 3 aromatic rings. The summed E-state index contributed by atoms with van der Waals surface area (Å²) in [4.78, 5) is 23.9. The van der Waals surface area contributed by atoms with Crippen LogP contribution >= 0.6 is 0 Å². The number of esters is 1. The van der Waals surface area contributed by atoms with Gasteiger partial charge in [-0.25, -0.2) is 4.79 Å². The summed E-state index contributed by atoms with van der Waals surface area (Å²) < 4.78 is 10.1. The molecule has 1 aromatic heterocycles. The Bertz CT molecular complexity index is 889. The molecule has 0 radical (unpaired) electrons. The zero-order valence-electron chi connectivity index (χ0n) is 14.1. The van der Waals surface area contributed by atoms with Gasteiger partial charge in [-0.3, -0.25) is 4.79 Å². The number of carbonyl (C=O) groups is 2. The molecule has 0 saturated carbocycles. The standard InChI is InChI=1S/C19H17N3O4/c1-13-4-2-3-5-16(13)10-20-17(23)11-25-19(24)15-8-6-14(7-9-15)18-22-21-12-26-18/h2-9,12H,10-11H2,1H3,(H,20,23). The highest BCUT2D eigenvalue weighted by Crippen LogP contribution is 2.17. The minimum atomic E-state index is -0.576. The lowest BCUT2D eigenvalue weighted by atomic mass is 10.1. The molecule has 1 N–H and O–H groups in total. The second-order valence-electron chi connectivity index (χ2n) is 5.60. The van der Waals surface area contributed by atoms with Crippen LogP contribution in [0.3, 0.4) is 0 Å². The SMILES string of the molecule is Cc1ccccc1CNC(=O)COC(=O)c1ccc(-c2nnco2)cc1. The second kappa shape index (κ2) is 8.06. The summed E-state index contributed by atoms with van der Waals surface area (Å²) in [5, 5.41) is 10.1. The number of hydrogen-bond donors (Lipinski definition) is 1. The van der Waals surface area contributed by atoms with E-state index in [2.05, 4.69) is 15.5 Å². The molecule has 0 spiro atoms. The van der Waals surface area contributed by atoms with Gasteiger partial charge >= 0.3 is 5.97 Å². The lowest BCUT2D eigenvalue weighted by Gasteiger charge is -2.08. The minimum absolute atomic E-state index is 0.333. The van der Waals surface area contributed by atoms with Crippen molar-refractivity contribution in [1.82, 2.24) is 15.5 Å². The molecular formula is C19H17N3O4. The summed E-state index contributed by atoms with van der Waals surface area (Å²) in [6.07, 6.45) is 1.23. The molecule has 3 rings (SSSR count). The second-order valence-corrected chi connectivity index (χ2v) is 5.60. The van der Waals surface area contributed by atoms with Gasteiger partial charge in [0.05, 0.1) is 5.56 Å². The zero-order chi connectivity index (χ0) is 18.4. The molecule has 2 aromatic carbocycles. The van der Waals surface area contributed by atoms with E-state index in [1.54, 1.807) is 24.3 Å². The van der Waals surface area contributed by atoms with Crippen molar-refractivity contribution in [2.24, 2.45) is 0 Å². The number of hydrogen-bond acceptors (Lipinski definition) is 6.